The predicted octanol–water partition coefficient (Wildman–Crippen LogP) is 1.74. The van der Waals surface area contributed by atoms with Gasteiger partial charge in [-0.1, -0.05) is 43.2 Å². The molecule has 0 spiro atoms. The maximum absolute atomic E-state index is 13.3. The number of nitrogens with one attached hydrogen (secondary N) is 1. The van der Waals surface area contributed by atoms with E-state index in [0.717, 1.165) is 38.8 Å². The highest BCUT2D eigenvalue weighted by Crippen LogP contribution is 2.30. The Labute approximate surface area is 194 Å². The Morgan fingerprint density at radius 1 is 0.970 bits per heavy atom. The molecule has 3 atom stereocenters. The molecule has 2 heterocycles. The molecule has 8 nitrogen and oxygen atoms in total. The van der Waals surface area contributed by atoms with Crippen molar-refractivity contribution in [3.8, 4) is 0 Å². The third-order valence-electron chi connectivity index (χ3n) is 6.75. The number of carbonyl (C=O) groups is 3. The van der Waals surface area contributed by atoms with Crippen LogP contribution in [0, 0.1) is 5.92 Å². The molecular formula is C25H31N5O3. The van der Waals surface area contributed by atoms with E-state index in [0.29, 0.717) is 24.2 Å². The van der Waals surface area contributed by atoms with Gasteiger partial charge in [-0.15, -0.1) is 0 Å². The molecule has 8 heteroatoms. The molecule has 33 heavy (non-hydrogen) atoms. The largest absolute Gasteiger partial charge is 0.368 e. The van der Waals surface area contributed by atoms with Gasteiger partial charge < -0.3 is 16.0 Å². The fraction of sp³-hybridized carbons (Fsp3) is 0.440. The van der Waals surface area contributed by atoms with E-state index in [1.807, 2.05) is 23.1 Å². The van der Waals surface area contributed by atoms with Crippen LogP contribution in [0.15, 0.2) is 54.9 Å². The summed E-state index contributed by atoms with van der Waals surface area (Å²) in [5, 5.41) is 2.91. The average molecular weight is 450 g/mol. The van der Waals surface area contributed by atoms with Crippen LogP contribution in [0.2, 0.25) is 0 Å². The van der Waals surface area contributed by atoms with E-state index in [9.17, 15) is 14.4 Å². The quantitative estimate of drug-likeness (QED) is 0.698. The summed E-state index contributed by atoms with van der Waals surface area (Å²) in [5.74, 6) is -0.900. The molecular weight excluding hydrogens is 418 g/mol. The van der Waals surface area contributed by atoms with Crippen LogP contribution in [-0.2, 0) is 9.59 Å². The Balaban J connectivity index is 1.40. The summed E-state index contributed by atoms with van der Waals surface area (Å²) >= 11 is 0. The van der Waals surface area contributed by atoms with Crippen LogP contribution in [0.25, 0.3) is 0 Å². The Morgan fingerprint density at radius 2 is 1.70 bits per heavy atom. The molecule has 3 N–H and O–H groups in total. The van der Waals surface area contributed by atoms with Gasteiger partial charge in [0, 0.05) is 44.6 Å². The van der Waals surface area contributed by atoms with Crippen LogP contribution >= 0.6 is 0 Å². The highest BCUT2D eigenvalue weighted by molar-refractivity contribution is 5.94. The molecule has 2 aliphatic rings. The summed E-state index contributed by atoms with van der Waals surface area (Å²) in [7, 11) is 0. The molecule has 4 rings (SSSR count). The van der Waals surface area contributed by atoms with Gasteiger partial charge in [0.15, 0.2) is 0 Å². The number of nitrogens with two attached hydrogens (primary N) is 1. The number of hydrogen-bond donors (Lipinski definition) is 2. The van der Waals surface area contributed by atoms with Crippen molar-refractivity contribution >= 4 is 17.7 Å². The van der Waals surface area contributed by atoms with Crippen molar-refractivity contribution in [3.05, 3.63) is 66.0 Å². The number of hydrogen-bond acceptors (Lipinski definition) is 5. The summed E-state index contributed by atoms with van der Waals surface area (Å²) < 4.78 is 0. The monoisotopic (exact) mass is 449 g/mol. The van der Waals surface area contributed by atoms with E-state index in [1.54, 1.807) is 36.7 Å². The standard InChI is InChI=1S/C25H31N5O3/c26-23(31)22(18-7-2-1-3-8-18)28-24(32)20-10-4-5-11-21(20)29-13-15-30(16-14-29)25(33)19-9-6-12-27-17-19/h1-3,6-9,12,17,20-22H,4-5,10-11,13-16H2,(H2,26,31)(H,28,32)/t20-,21-,22+/m1/s1. The molecule has 1 aromatic heterocycles. The van der Waals surface area contributed by atoms with Gasteiger partial charge in [0.25, 0.3) is 5.91 Å². The predicted molar refractivity (Wildman–Crippen MR) is 124 cm³/mol. The second-order valence-electron chi connectivity index (χ2n) is 8.78. The molecule has 2 aromatic rings. The first-order valence-electron chi connectivity index (χ1n) is 11.6. The topological polar surface area (TPSA) is 109 Å². The smallest absolute Gasteiger partial charge is 0.255 e. The average Bonchev–Trinajstić information content (AvgIpc) is 2.87. The van der Waals surface area contributed by atoms with E-state index in [1.165, 1.54) is 0 Å². The minimum absolute atomic E-state index is 0.00662. The van der Waals surface area contributed by atoms with Crippen molar-refractivity contribution < 1.29 is 14.4 Å². The van der Waals surface area contributed by atoms with Crippen molar-refractivity contribution in [2.75, 3.05) is 26.2 Å². The van der Waals surface area contributed by atoms with E-state index in [4.69, 9.17) is 5.73 Å². The molecule has 174 valence electrons. The molecule has 1 aliphatic carbocycles. The van der Waals surface area contributed by atoms with Crippen molar-refractivity contribution in [2.45, 2.75) is 37.8 Å². The Morgan fingerprint density at radius 3 is 2.36 bits per heavy atom. The SMILES string of the molecule is NC(=O)[C@@H](NC(=O)[C@@H]1CCCC[C@H]1N1CCN(C(=O)c2cccnc2)CC1)c1ccccc1. The number of aromatic nitrogens is 1. The first-order chi connectivity index (χ1) is 16.0. The molecule has 1 aliphatic heterocycles. The summed E-state index contributed by atoms with van der Waals surface area (Å²) in [4.78, 5) is 46.3. The lowest BCUT2D eigenvalue weighted by Crippen LogP contribution is -2.56. The number of pyridine rings is 1. The molecule has 1 saturated heterocycles. The van der Waals surface area contributed by atoms with Gasteiger partial charge in [0.05, 0.1) is 11.5 Å². The fourth-order valence-corrected chi connectivity index (χ4v) is 5.00. The van der Waals surface area contributed by atoms with E-state index < -0.39 is 11.9 Å². The van der Waals surface area contributed by atoms with Gasteiger partial charge in [0.2, 0.25) is 11.8 Å². The van der Waals surface area contributed by atoms with E-state index in [-0.39, 0.29) is 23.8 Å². The van der Waals surface area contributed by atoms with E-state index >= 15 is 0 Å². The maximum atomic E-state index is 13.3. The highest BCUT2D eigenvalue weighted by atomic mass is 16.2. The van der Waals surface area contributed by atoms with Crippen LogP contribution in [0.3, 0.4) is 0 Å². The van der Waals surface area contributed by atoms with E-state index in [2.05, 4.69) is 15.2 Å². The van der Waals surface area contributed by atoms with Crippen LogP contribution in [0.5, 0.6) is 0 Å². The van der Waals surface area contributed by atoms with Gasteiger partial charge in [0.1, 0.15) is 6.04 Å². The zero-order valence-corrected chi connectivity index (χ0v) is 18.7. The van der Waals surface area contributed by atoms with Gasteiger partial charge in [-0.25, -0.2) is 0 Å². The molecule has 0 bridgehead atoms. The van der Waals surface area contributed by atoms with Crippen LogP contribution in [0.4, 0.5) is 0 Å². The van der Waals surface area contributed by atoms with Gasteiger partial charge in [-0.2, -0.15) is 0 Å². The number of amides is 3. The highest BCUT2D eigenvalue weighted by Gasteiger charge is 2.38. The maximum Gasteiger partial charge on any atom is 0.255 e. The minimum atomic E-state index is -0.838. The molecule has 0 radical (unpaired) electrons. The summed E-state index contributed by atoms with van der Waals surface area (Å²) in [6, 6.07) is 11.9. The number of benzene rings is 1. The number of nitrogens with zero attached hydrogens (tertiary/aromatic N) is 3. The van der Waals surface area contributed by atoms with Crippen molar-refractivity contribution in [3.63, 3.8) is 0 Å². The lowest BCUT2D eigenvalue weighted by atomic mass is 9.82. The molecule has 1 saturated carbocycles. The number of piperazine rings is 1. The second kappa shape index (κ2) is 10.6. The third kappa shape index (κ3) is 5.39. The molecule has 1 aromatic carbocycles. The third-order valence-corrected chi connectivity index (χ3v) is 6.75. The fourth-order valence-electron chi connectivity index (χ4n) is 5.00. The van der Waals surface area contributed by atoms with Gasteiger partial charge in [-0.05, 0) is 30.5 Å². The summed E-state index contributed by atoms with van der Waals surface area (Å²) in [5.41, 5.74) is 6.89. The van der Waals surface area contributed by atoms with Crippen molar-refractivity contribution in [1.82, 2.24) is 20.1 Å². The minimum Gasteiger partial charge on any atom is -0.368 e. The number of primary amides is 1. The summed E-state index contributed by atoms with van der Waals surface area (Å²) in [6.07, 6.45) is 7.02. The van der Waals surface area contributed by atoms with Gasteiger partial charge in [-0.3, -0.25) is 24.3 Å². The summed E-state index contributed by atoms with van der Waals surface area (Å²) in [6.45, 7) is 2.68. The first-order valence-corrected chi connectivity index (χ1v) is 11.6. The Kier molecular flexibility index (Phi) is 7.34. The number of carbonyl (C=O) groups excluding carboxylic acids is 3. The Bertz CT molecular complexity index is 961. The zero-order chi connectivity index (χ0) is 23.2. The van der Waals surface area contributed by atoms with Crippen LogP contribution in [0.1, 0.15) is 47.6 Å². The molecule has 3 amide bonds. The van der Waals surface area contributed by atoms with Crippen LogP contribution in [-0.4, -0.2) is 64.7 Å². The molecule has 2 fully saturated rings. The molecule has 0 unspecified atom stereocenters. The van der Waals surface area contributed by atoms with Crippen molar-refractivity contribution in [2.24, 2.45) is 11.7 Å². The second-order valence-corrected chi connectivity index (χ2v) is 8.78. The zero-order valence-electron chi connectivity index (χ0n) is 18.7. The lowest BCUT2D eigenvalue weighted by molar-refractivity contribution is -0.133. The number of rotatable bonds is 6. The first kappa shape index (κ1) is 22.9. The normalized spacial score (nSPS) is 22.4. The lowest BCUT2D eigenvalue weighted by Gasteiger charge is -2.43. The van der Waals surface area contributed by atoms with Crippen LogP contribution < -0.4 is 11.1 Å². The Hall–Kier alpha value is -3.26. The van der Waals surface area contributed by atoms with Gasteiger partial charge >= 0.3 is 0 Å². The van der Waals surface area contributed by atoms with Crippen molar-refractivity contribution in [1.29, 1.82) is 0 Å².